The van der Waals surface area contributed by atoms with Gasteiger partial charge in [-0.2, -0.15) is 0 Å². The van der Waals surface area contributed by atoms with Gasteiger partial charge in [-0.25, -0.2) is 0 Å². The molecule has 0 aliphatic heterocycles. The molecule has 4 heteroatoms. The summed E-state index contributed by atoms with van der Waals surface area (Å²) in [5.41, 5.74) is 3.64. The molecule has 0 spiro atoms. The predicted octanol–water partition coefficient (Wildman–Crippen LogP) is 5.75. The topological polar surface area (TPSA) is 12.0 Å². The lowest BCUT2D eigenvalue weighted by atomic mass is 10.1. The molecule has 0 fully saturated rings. The van der Waals surface area contributed by atoms with Crippen molar-refractivity contribution in [3.63, 3.8) is 0 Å². The third kappa shape index (κ3) is 5.20. The van der Waals surface area contributed by atoms with Gasteiger partial charge in [-0.15, -0.1) is 11.8 Å². The van der Waals surface area contributed by atoms with Crippen molar-refractivity contribution in [2.75, 3.05) is 13.1 Å². The van der Waals surface area contributed by atoms with Crippen LogP contribution < -0.4 is 5.32 Å². The summed E-state index contributed by atoms with van der Waals surface area (Å²) < 4.78 is 0. The van der Waals surface area contributed by atoms with Gasteiger partial charge >= 0.3 is 0 Å². The molecule has 0 aliphatic rings. The number of aryl methyl sites for hydroxylation is 1. The van der Waals surface area contributed by atoms with Crippen LogP contribution in [0.3, 0.4) is 0 Å². The van der Waals surface area contributed by atoms with Gasteiger partial charge in [0.1, 0.15) is 0 Å². The third-order valence-corrected chi connectivity index (χ3v) is 5.44. The second-order valence-corrected chi connectivity index (χ2v) is 7.07. The average molecular weight is 354 g/mol. The molecule has 0 amide bonds. The van der Waals surface area contributed by atoms with Crippen LogP contribution in [0.5, 0.6) is 0 Å². The Morgan fingerprint density at radius 3 is 2.50 bits per heavy atom. The van der Waals surface area contributed by atoms with E-state index in [0.717, 1.165) is 45.8 Å². The summed E-state index contributed by atoms with van der Waals surface area (Å²) in [7, 11) is 0. The molecule has 0 aliphatic carbocycles. The van der Waals surface area contributed by atoms with E-state index in [0.29, 0.717) is 0 Å². The van der Waals surface area contributed by atoms with Crippen molar-refractivity contribution in [1.82, 2.24) is 5.32 Å². The molecule has 1 N–H and O–H groups in total. The molecule has 0 saturated carbocycles. The van der Waals surface area contributed by atoms with Gasteiger partial charge in [-0.1, -0.05) is 48.3 Å². The number of halogens is 2. The first kappa shape index (κ1) is 17.7. The van der Waals surface area contributed by atoms with E-state index in [1.165, 1.54) is 11.1 Å². The summed E-state index contributed by atoms with van der Waals surface area (Å²) in [6.07, 6.45) is 1.02. The Hall–Kier alpha value is -0.670. The number of rotatable bonds is 7. The van der Waals surface area contributed by atoms with Crippen molar-refractivity contribution in [1.29, 1.82) is 0 Å². The first-order valence-electron chi connectivity index (χ1n) is 7.47. The third-order valence-electron chi connectivity index (χ3n) is 3.47. The van der Waals surface area contributed by atoms with Gasteiger partial charge in [-0.3, -0.25) is 0 Å². The van der Waals surface area contributed by atoms with Gasteiger partial charge in [0.05, 0.1) is 5.02 Å². The van der Waals surface area contributed by atoms with Crippen LogP contribution in [0, 0.1) is 6.92 Å². The lowest BCUT2D eigenvalue weighted by Gasteiger charge is -2.09. The molecule has 0 radical (unpaired) electrons. The molecular weight excluding hydrogens is 333 g/mol. The van der Waals surface area contributed by atoms with Crippen LogP contribution in [0.4, 0.5) is 0 Å². The van der Waals surface area contributed by atoms with E-state index < -0.39 is 0 Å². The van der Waals surface area contributed by atoms with E-state index in [2.05, 4.69) is 36.5 Å². The van der Waals surface area contributed by atoms with Crippen molar-refractivity contribution >= 4 is 35.0 Å². The normalized spacial score (nSPS) is 10.9. The quantitative estimate of drug-likeness (QED) is 0.502. The second-order valence-electron chi connectivity index (χ2n) is 5.24. The average Bonchev–Trinajstić information content (AvgIpc) is 2.51. The molecule has 2 aromatic carbocycles. The Bertz CT molecular complexity index is 628. The second kappa shape index (κ2) is 8.83. The smallest absolute Gasteiger partial charge is 0.0542 e. The molecule has 0 aromatic heterocycles. The van der Waals surface area contributed by atoms with Crippen molar-refractivity contribution in [3.8, 4) is 0 Å². The highest BCUT2D eigenvalue weighted by molar-refractivity contribution is 7.98. The molecule has 118 valence electrons. The van der Waals surface area contributed by atoms with Gasteiger partial charge in [0, 0.05) is 15.7 Å². The largest absolute Gasteiger partial charge is 0.317 e. The Morgan fingerprint density at radius 2 is 1.77 bits per heavy atom. The minimum absolute atomic E-state index is 0.815. The Labute approximate surface area is 147 Å². The summed E-state index contributed by atoms with van der Waals surface area (Å²) in [5, 5.41) is 4.98. The molecule has 0 heterocycles. The number of hydrogen-bond acceptors (Lipinski definition) is 2. The maximum absolute atomic E-state index is 6.32. The van der Waals surface area contributed by atoms with E-state index in [9.17, 15) is 0 Å². The van der Waals surface area contributed by atoms with Crippen LogP contribution in [0.1, 0.15) is 23.6 Å². The molecule has 22 heavy (non-hydrogen) atoms. The summed E-state index contributed by atoms with van der Waals surface area (Å²) >= 11 is 14.3. The van der Waals surface area contributed by atoms with Crippen LogP contribution in [-0.2, 0) is 12.2 Å². The van der Waals surface area contributed by atoms with Gasteiger partial charge in [0.2, 0.25) is 0 Å². The lowest BCUT2D eigenvalue weighted by molar-refractivity contribution is 0.716. The van der Waals surface area contributed by atoms with Crippen LogP contribution in [0.15, 0.2) is 41.3 Å². The Morgan fingerprint density at radius 1 is 1.00 bits per heavy atom. The molecular formula is C18H21Cl2NS. The van der Waals surface area contributed by atoms with E-state index >= 15 is 0 Å². The van der Waals surface area contributed by atoms with E-state index in [1.54, 1.807) is 11.8 Å². The number of hydrogen-bond donors (Lipinski definition) is 1. The zero-order chi connectivity index (χ0) is 15.9. The van der Waals surface area contributed by atoms with Gasteiger partial charge in [0.25, 0.3) is 0 Å². The van der Waals surface area contributed by atoms with Gasteiger partial charge < -0.3 is 5.32 Å². The Kier molecular flexibility index (Phi) is 7.10. The zero-order valence-corrected chi connectivity index (χ0v) is 15.3. The minimum Gasteiger partial charge on any atom is -0.317 e. The van der Waals surface area contributed by atoms with Crippen molar-refractivity contribution < 1.29 is 0 Å². The number of likely N-dealkylation sites (N-methyl/N-ethyl adjacent to an activating group) is 1. The maximum atomic E-state index is 6.32. The first-order chi connectivity index (χ1) is 10.6. The predicted molar refractivity (Wildman–Crippen MR) is 99.4 cm³/mol. The first-order valence-corrected chi connectivity index (χ1v) is 9.21. The summed E-state index contributed by atoms with van der Waals surface area (Å²) in [4.78, 5) is 1.13. The molecule has 0 saturated heterocycles. The van der Waals surface area contributed by atoms with Crippen LogP contribution >= 0.6 is 35.0 Å². The molecule has 0 atom stereocenters. The molecule has 1 nitrogen and oxygen atoms in total. The van der Waals surface area contributed by atoms with Gasteiger partial charge in [0.15, 0.2) is 0 Å². The highest BCUT2D eigenvalue weighted by atomic mass is 35.5. The lowest BCUT2D eigenvalue weighted by Crippen LogP contribution is -2.15. The van der Waals surface area contributed by atoms with Crippen LogP contribution in [0.2, 0.25) is 10.0 Å². The summed E-state index contributed by atoms with van der Waals surface area (Å²) in [6, 6.07) is 12.5. The minimum atomic E-state index is 0.815. The van der Waals surface area contributed by atoms with E-state index in [4.69, 9.17) is 23.2 Å². The van der Waals surface area contributed by atoms with E-state index in [-0.39, 0.29) is 0 Å². The Balaban J connectivity index is 2.01. The number of nitrogens with one attached hydrogen (secondary N) is 1. The van der Waals surface area contributed by atoms with Crippen molar-refractivity contribution in [2.24, 2.45) is 0 Å². The molecule has 2 aromatic rings. The van der Waals surface area contributed by atoms with Crippen LogP contribution in [0.25, 0.3) is 0 Å². The standard InChI is InChI=1S/C18H21Cl2NS/c1-3-21-9-8-14-6-7-16(19)18(11-14)22-12-15-5-4-13(2)17(20)10-15/h4-7,10-11,21H,3,8-9,12H2,1-2H3. The fourth-order valence-corrected chi connectivity index (χ4v) is 3.54. The summed E-state index contributed by atoms with van der Waals surface area (Å²) in [6.45, 7) is 6.14. The highest BCUT2D eigenvalue weighted by Crippen LogP contribution is 2.31. The molecule has 0 bridgehead atoms. The van der Waals surface area contributed by atoms with Crippen molar-refractivity contribution in [2.45, 2.75) is 30.9 Å². The zero-order valence-electron chi connectivity index (χ0n) is 13.0. The monoisotopic (exact) mass is 353 g/mol. The fraction of sp³-hybridized carbons (Fsp3) is 0.333. The molecule has 2 rings (SSSR count). The number of benzene rings is 2. The van der Waals surface area contributed by atoms with E-state index in [1.807, 2.05) is 19.1 Å². The van der Waals surface area contributed by atoms with Crippen LogP contribution in [-0.4, -0.2) is 13.1 Å². The fourth-order valence-electron chi connectivity index (χ4n) is 2.11. The summed E-state index contributed by atoms with van der Waals surface area (Å²) in [5.74, 6) is 0.871. The number of thioether (sulfide) groups is 1. The SMILES string of the molecule is CCNCCc1ccc(Cl)c(SCc2ccc(C)c(Cl)c2)c1. The van der Waals surface area contributed by atoms with Crippen molar-refractivity contribution in [3.05, 3.63) is 63.1 Å². The van der Waals surface area contributed by atoms with Gasteiger partial charge in [-0.05, 0) is 61.3 Å². The maximum Gasteiger partial charge on any atom is 0.0542 e. The highest BCUT2D eigenvalue weighted by Gasteiger charge is 2.05. The molecule has 0 unspecified atom stereocenters.